The summed E-state index contributed by atoms with van der Waals surface area (Å²) in [6.45, 7) is 3.69. The normalized spacial score (nSPS) is 15.4. The molecule has 29 heavy (non-hydrogen) atoms. The van der Waals surface area contributed by atoms with E-state index in [9.17, 15) is 17.6 Å². The average molecular weight is 477 g/mol. The zero-order chi connectivity index (χ0) is 21.0. The van der Waals surface area contributed by atoms with E-state index in [0.29, 0.717) is 25.2 Å². The number of hydrogen-bond donors (Lipinski definition) is 0. The maximum absolute atomic E-state index is 13.8. The SMILES string of the molecule is COc1ccc(CCN2CCN(c3ccc(Br)c(OC(F)(F)F)c3)CC2)cc1F. The van der Waals surface area contributed by atoms with Crippen molar-refractivity contribution in [2.75, 3.05) is 44.7 Å². The van der Waals surface area contributed by atoms with Crippen molar-refractivity contribution in [1.29, 1.82) is 0 Å². The Hall–Kier alpha value is -2.00. The van der Waals surface area contributed by atoms with Gasteiger partial charge in [0, 0.05) is 44.5 Å². The zero-order valence-electron chi connectivity index (χ0n) is 15.8. The van der Waals surface area contributed by atoms with E-state index in [1.165, 1.54) is 19.2 Å². The minimum Gasteiger partial charge on any atom is -0.494 e. The summed E-state index contributed by atoms with van der Waals surface area (Å²) in [4.78, 5) is 4.28. The Bertz CT molecular complexity index is 840. The Balaban J connectivity index is 1.54. The molecule has 2 aromatic rings. The molecule has 1 aliphatic heterocycles. The van der Waals surface area contributed by atoms with Crippen LogP contribution >= 0.6 is 15.9 Å². The summed E-state index contributed by atoms with van der Waals surface area (Å²) < 4.78 is 60.7. The topological polar surface area (TPSA) is 24.9 Å². The van der Waals surface area contributed by atoms with Gasteiger partial charge in [-0.05, 0) is 52.2 Å². The molecular formula is C20H21BrF4N2O2. The maximum Gasteiger partial charge on any atom is 0.573 e. The standard InChI is InChI=1S/C20H21BrF4N2O2/c1-28-18-5-2-14(12-17(18)22)6-7-26-8-10-27(11-9-26)15-3-4-16(21)19(13-15)29-20(23,24)25/h2-5,12-13H,6-11H2,1H3. The minimum atomic E-state index is -4.74. The van der Waals surface area contributed by atoms with E-state index in [2.05, 4.69) is 25.6 Å². The summed E-state index contributed by atoms with van der Waals surface area (Å²) in [7, 11) is 1.43. The van der Waals surface area contributed by atoms with Crippen molar-refractivity contribution in [2.45, 2.75) is 12.8 Å². The van der Waals surface area contributed by atoms with Crippen LogP contribution in [0.15, 0.2) is 40.9 Å². The van der Waals surface area contributed by atoms with Crippen molar-refractivity contribution in [2.24, 2.45) is 0 Å². The Morgan fingerprint density at radius 1 is 1.00 bits per heavy atom. The van der Waals surface area contributed by atoms with E-state index in [1.54, 1.807) is 18.2 Å². The van der Waals surface area contributed by atoms with Crippen LogP contribution in [0.3, 0.4) is 0 Å². The molecule has 0 bridgehead atoms. The highest BCUT2D eigenvalue weighted by Crippen LogP contribution is 2.34. The molecule has 0 unspecified atom stereocenters. The van der Waals surface area contributed by atoms with Gasteiger partial charge in [0.05, 0.1) is 11.6 Å². The van der Waals surface area contributed by atoms with Crippen LogP contribution in [0.5, 0.6) is 11.5 Å². The lowest BCUT2D eigenvalue weighted by molar-refractivity contribution is -0.274. The number of alkyl halides is 3. The molecule has 1 fully saturated rings. The van der Waals surface area contributed by atoms with Crippen molar-refractivity contribution < 1.29 is 27.0 Å². The summed E-state index contributed by atoms with van der Waals surface area (Å²) >= 11 is 3.09. The van der Waals surface area contributed by atoms with Crippen LogP contribution < -0.4 is 14.4 Å². The predicted molar refractivity (Wildman–Crippen MR) is 106 cm³/mol. The molecule has 0 N–H and O–H groups in total. The molecule has 1 aliphatic rings. The lowest BCUT2D eigenvalue weighted by atomic mass is 10.1. The Labute approximate surface area is 175 Å². The highest BCUT2D eigenvalue weighted by atomic mass is 79.9. The monoisotopic (exact) mass is 476 g/mol. The van der Waals surface area contributed by atoms with Gasteiger partial charge in [0.15, 0.2) is 11.6 Å². The molecule has 0 aromatic heterocycles. The Kier molecular flexibility index (Phi) is 6.89. The van der Waals surface area contributed by atoms with Gasteiger partial charge in [-0.1, -0.05) is 6.07 Å². The summed E-state index contributed by atoms with van der Waals surface area (Å²) in [5.41, 5.74) is 1.58. The first-order chi connectivity index (χ1) is 13.7. The summed E-state index contributed by atoms with van der Waals surface area (Å²) in [6.07, 6.45) is -4.02. The largest absolute Gasteiger partial charge is 0.573 e. The lowest BCUT2D eigenvalue weighted by Gasteiger charge is -2.36. The molecular weight excluding hydrogens is 456 g/mol. The van der Waals surface area contributed by atoms with Gasteiger partial charge < -0.3 is 14.4 Å². The van der Waals surface area contributed by atoms with E-state index in [1.807, 2.05) is 11.0 Å². The van der Waals surface area contributed by atoms with Crippen molar-refractivity contribution in [3.8, 4) is 11.5 Å². The Morgan fingerprint density at radius 3 is 2.34 bits per heavy atom. The van der Waals surface area contributed by atoms with Gasteiger partial charge in [-0.3, -0.25) is 4.90 Å². The smallest absolute Gasteiger partial charge is 0.494 e. The fraction of sp³-hybridized carbons (Fsp3) is 0.400. The van der Waals surface area contributed by atoms with E-state index in [0.717, 1.165) is 25.2 Å². The molecule has 0 spiro atoms. The molecule has 0 amide bonds. The van der Waals surface area contributed by atoms with Crippen LogP contribution in [-0.4, -0.2) is 51.1 Å². The molecule has 1 heterocycles. The van der Waals surface area contributed by atoms with Crippen molar-refractivity contribution in [3.63, 3.8) is 0 Å². The third kappa shape index (κ3) is 5.99. The number of benzene rings is 2. The number of methoxy groups -OCH3 is 1. The number of anilines is 1. The van der Waals surface area contributed by atoms with E-state index in [-0.39, 0.29) is 21.8 Å². The van der Waals surface area contributed by atoms with Crippen molar-refractivity contribution in [3.05, 3.63) is 52.3 Å². The second kappa shape index (κ2) is 9.21. The second-order valence-electron chi connectivity index (χ2n) is 6.71. The van der Waals surface area contributed by atoms with Gasteiger partial charge in [0.2, 0.25) is 0 Å². The number of hydrogen-bond acceptors (Lipinski definition) is 4. The van der Waals surface area contributed by atoms with Gasteiger partial charge in [-0.15, -0.1) is 13.2 Å². The van der Waals surface area contributed by atoms with Gasteiger partial charge in [0.1, 0.15) is 5.75 Å². The number of rotatable bonds is 6. The molecule has 0 atom stereocenters. The quantitative estimate of drug-likeness (QED) is 0.555. The molecule has 0 aliphatic carbocycles. The van der Waals surface area contributed by atoms with E-state index in [4.69, 9.17) is 4.74 Å². The second-order valence-corrected chi connectivity index (χ2v) is 7.56. The number of ether oxygens (including phenoxy) is 2. The van der Waals surface area contributed by atoms with Crippen LogP contribution in [0.4, 0.5) is 23.2 Å². The molecule has 4 nitrogen and oxygen atoms in total. The summed E-state index contributed by atoms with van der Waals surface area (Å²) in [5, 5.41) is 0. The first kappa shape index (κ1) is 21.7. The maximum atomic E-state index is 13.8. The van der Waals surface area contributed by atoms with Crippen LogP contribution in [0, 0.1) is 5.82 Å². The third-order valence-corrected chi connectivity index (χ3v) is 5.47. The number of nitrogens with zero attached hydrogens (tertiary/aromatic N) is 2. The van der Waals surface area contributed by atoms with Gasteiger partial charge in [-0.25, -0.2) is 4.39 Å². The molecule has 1 saturated heterocycles. The third-order valence-electron chi connectivity index (χ3n) is 4.81. The molecule has 9 heteroatoms. The highest BCUT2D eigenvalue weighted by Gasteiger charge is 2.32. The highest BCUT2D eigenvalue weighted by molar-refractivity contribution is 9.10. The molecule has 2 aromatic carbocycles. The van der Waals surface area contributed by atoms with Crippen molar-refractivity contribution >= 4 is 21.6 Å². The fourth-order valence-corrected chi connectivity index (χ4v) is 3.60. The molecule has 158 valence electrons. The first-order valence-corrected chi connectivity index (χ1v) is 9.89. The average Bonchev–Trinajstić information content (AvgIpc) is 2.67. The Morgan fingerprint density at radius 2 is 1.72 bits per heavy atom. The lowest BCUT2D eigenvalue weighted by Crippen LogP contribution is -2.47. The van der Waals surface area contributed by atoms with E-state index >= 15 is 0 Å². The van der Waals surface area contributed by atoms with Crippen LogP contribution in [-0.2, 0) is 6.42 Å². The van der Waals surface area contributed by atoms with Crippen molar-refractivity contribution in [1.82, 2.24) is 4.90 Å². The summed E-state index contributed by atoms with van der Waals surface area (Å²) in [6, 6.07) is 9.68. The van der Waals surface area contributed by atoms with Crippen LogP contribution in [0.25, 0.3) is 0 Å². The van der Waals surface area contributed by atoms with E-state index < -0.39 is 6.36 Å². The predicted octanol–water partition coefficient (Wildman–Crippen LogP) is 4.86. The minimum absolute atomic E-state index is 0.228. The number of halogens is 5. The van der Waals surface area contributed by atoms with Gasteiger partial charge >= 0.3 is 6.36 Å². The molecule has 0 radical (unpaired) electrons. The fourth-order valence-electron chi connectivity index (χ4n) is 3.27. The summed E-state index contributed by atoms with van der Waals surface area (Å²) in [5.74, 6) is -0.397. The van der Waals surface area contributed by atoms with Gasteiger partial charge in [0.25, 0.3) is 0 Å². The molecule has 0 saturated carbocycles. The van der Waals surface area contributed by atoms with Gasteiger partial charge in [-0.2, -0.15) is 0 Å². The first-order valence-electron chi connectivity index (χ1n) is 9.10. The van der Waals surface area contributed by atoms with Crippen LogP contribution in [0.2, 0.25) is 0 Å². The molecule has 3 rings (SSSR count). The van der Waals surface area contributed by atoms with Crippen LogP contribution in [0.1, 0.15) is 5.56 Å². The number of piperazine rings is 1. The zero-order valence-corrected chi connectivity index (χ0v) is 17.4.